The quantitative estimate of drug-likeness (QED) is 0.196. The number of fused-ring (bicyclic) bond motifs is 1. The highest BCUT2D eigenvalue weighted by molar-refractivity contribution is 5.97. The Morgan fingerprint density at radius 3 is 2.26 bits per heavy atom. The number of carbonyl (C=O) groups is 4. The molecule has 0 aliphatic heterocycles. The van der Waals surface area contributed by atoms with Crippen molar-refractivity contribution in [2.75, 3.05) is 7.11 Å². The molecule has 6 atom stereocenters. The van der Waals surface area contributed by atoms with Crippen LogP contribution in [0.4, 0.5) is 4.79 Å². The molecule has 2 amide bonds. The second kappa shape index (κ2) is 13.8. The van der Waals surface area contributed by atoms with E-state index in [1.54, 1.807) is 27.9 Å². The number of hydrogen-bond donors (Lipinski definition) is 3. The Kier molecular flexibility index (Phi) is 10.0. The van der Waals surface area contributed by atoms with Crippen LogP contribution in [0.15, 0.2) is 67.3 Å². The van der Waals surface area contributed by atoms with Crippen LogP contribution in [0.25, 0.3) is 22.2 Å². The van der Waals surface area contributed by atoms with E-state index < -0.39 is 64.4 Å². The second-order valence-electron chi connectivity index (χ2n) is 15.3. The highest BCUT2D eigenvalue weighted by Crippen LogP contribution is 2.46. The molecule has 266 valence electrons. The molecule has 3 unspecified atom stereocenters. The van der Waals surface area contributed by atoms with Crippen molar-refractivity contribution in [3.8, 4) is 22.8 Å². The van der Waals surface area contributed by atoms with Crippen LogP contribution in [-0.2, 0) is 19.1 Å². The van der Waals surface area contributed by atoms with E-state index in [4.69, 9.17) is 19.2 Å². The van der Waals surface area contributed by atoms with Gasteiger partial charge in [0, 0.05) is 34.9 Å². The number of pyridine rings is 1. The first-order valence-electron chi connectivity index (χ1n) is 16.9. The topological polar surface area (TPSA) is 153 Å². The number of carboxylic acid groups (broad SMARTS) is 1. The summed E-state index contributed by atoms with van der Waals surface area (Å²) in [5, 5.41) is 16.3. The first-order chi connectivity index (χ1) is 23.5. The number of aliphatic carboxylic acids is 1. The molecule has 1 aromatic heterocycles. The van der Waals surface area contributed by atoms with Gasteiger partial charge in [0.2, 0.25) is 5.91 Å². The summed E-state index contributed by atoms with van der Waals surface area (Å²) >= 11 is 0. The molecule has 50 heavy (non-hydrogen) atoms. The van der Waals surface area contributed by atoms with Gasteiger partial charge in [-0.25, -0.2) is 14.6 Å². The number of aromatic nitrogens is 1. The average Bonchev–Trinajstić information content (AvgIpc) is 3.61. The number of rotatable bonds is 11. The fourth-order valence-electron chi connectivity index (χ4n) is 6.71. The van der Waals surface area contributed by atoms with Gasteiger partial charge < -0.3 is 30.0 Å². The Morgan fingerprint density at radius 2 is 1.68 bits per heavy atom. The van der Waals surface area contributed by atoms with Crippen molar-refractivity contribution in [2.45, 2.75) is 84.1 Å². The summed E-state index contributed by atoms with van der Waals surface area (Å²) < 4.78 is 17.6. The van der Waals surface area contributed by atoms with E-state index in [1.165, 1.54) is 6.08 Å². The minimum Gasteiger partial charge on any atom is -0.497 e. The lowest BCUT2D eigenvalue weighted by atomic mass is 9.77. The molecule has 0 radical (unpaired) electrons. The molecule has 3 aromatic rings. The van der Waals surface area contributed by atoms with Crippen LogP contribution in [0.5, 0.6) is 11.5 Å². The molecule has 0 spiro atoms. The van der Waals surface area contributed by atoms with E-state index in [2.05, 4.69) is 17.2 Å². The number of ketones is 1. The third-order valence-electron chi connectivity index (χ3n) is 9.40. The van der Waals surface area contributed by atoms with Crippen LogP contribution in [0.1, 0.15) is 60.8 Å². The Labute approximate surface area is 292 Å². The highest BCUT2D eigenvalue weighted by atomic mass is 16.6. The maximum atomic E-state index is 14.5. The van der Waals surface area contributed by atoms with Gasteiger partial charge in [-0.2, -0.15) is 0 Å². The molecule has 11 heteroatoms. The van der Waals surface area contributed by atoms with Gasteiger partial charge in [-0.15, -0.1) is 6.58 Å². The van der Waals surface area contributed by atoms with Gasteiger partial charge in [0.1, 0.15) is 28.7 Å². The highest BCUT2D eigenvalue weighted by Gasteiger charge is 2.61. The molecule has 0 saturated heterocycles. The summed E-state index contributed by atoms with van der Waals surface area (Å²) in [4.78, 5) is 58.6. The Morgan fingerprint density at radius 1 is 1.00 bits per heavy atom. The van der Waals surface area contributed by atoms with Gasteiger partial charge >= 0.3 is 12.1 Å². The first-order valence-corrected chi connectivity index (χ1v) is 16.9. The minimum atomic E-state index is -1.48. The summed E-state index contributed by atoms with van der Waals surface area (Å²) in [6, 6.07) is 16.0. The van der Waals surface area contributed by atoms with Gasteiger partial charge in [-0.05, 0) is 57.6 Å². The van der Waals surface area contributed by atoms with Crippen LogP contribution in [0.3, 0.4) is 0 Å². The number of carbonyl (C=O) groups excluding carboxylic acids is 3. The van der Waals surface area contributed by atoms with Crippen LogP contribution in [0, 0.1) is 23.2 Å². The fraction of sp³-hybridized carbons (Fsp3) is 0.462. The van der Waals surface area contributed by atoms with Gasteiger partial charge in [-0.3, -0.25) is 9.59 Å². The van der Waals surface area contributed by atoms with Gasteiger partial charge in [-0.1, -0.05) is 57.2 Å². The number of benzene rings is 2. The summed E-state index contributed by atoms with van der Waals surface area (Å²) in [5.41, 5.74) is -0.830. The normalized spacial score (nSPS) is 23.7. The van der Waals surface area contributed by atoms with E-state index >= 15 is 0 Å². The maximum Gasteiger partial charge on any atom is 0.408 e. The molecule has 2 aliphatic rings. The van der Waals surface area contributed by atoms with Crippen molar-refractivity contribution in [3.05, 3.63) is 67.3 Å². The number of hydrogen-bond acceptors (Lipinski definition) is 8. The Bertz CT molecular complexity index is 1790. The summed E-state index contributed by atoms with van der Waals surface area (Å²) in [6.45, 7) is 14.4. The minimum absolute atomic E-state index is 0.140. The lowest BCUT2D eigenvalue weighted by molar-refractivity contribution is -0.144. The van der Waals surface area contributed by atoms with Crippen molar-refractivity contribution in [1.82, 2.24) is 15.6 Å². The molecule has 5 rings (SSSR count). The number of Topliss-reactive ketones (excluding diaryl/α,β-unsaturated/α-hetero) is 1. The fourth-order valence-corrected chi connectivity index (χ4v) is 6.71. The molecule has 1 heterocycles. The third-order valence-corrected chi connectivity index (χ3v) is 9.40. The molecule has 2 fully saturated rings. The van der Waals surface area contributed by atoms with Crippen molar-refractivity contribution >= 4 is 34.7 Å². The molecule has 2 aliphatic carbocycles. The largest absolute Gasteiger partial charge is 0.497 e. The van der Waals surface area contributed by atoms with Crippen LogP contribution in [-0.4, -0.2) is 64.2 Å². The number of carboxylic acids is 1. The van der Waals surface area contributed by atoms with Crippen LogP contribution < -0.4 is 20.1 Å². The van der Waals surface area contributed by atoms with E-state index in [0.717, 1.165) is 10.9 Å². The first kappa shape index (κ1) is 36.4. The number of ether oxygens (including phenoxy) is 3. The lowest BCUT2D eigenvalue weighted by Crippen LogP contribution is -2.54. The summed E-state index contributed by atoms with van der Waals surface area (Å²) in [6.07, 6.45) is 0.676. The van der Waals surface area contributed by atoms with Crippen LogP contribution in [0.2, 0.25) is 0 Å². The zero-order valence-electron chi connectivity index (χ0n) is 29.7. The lowest BCUT2D eigenvalue weighted by Gasteiger charge is -2.34. The third kappa shape index (κ3) is 7.77. The van der Waals surface area contributed by atoms with E-state index in [1.807, 2.05) is 75.4 Å². The number of nitrogens with zero attached hydrogens (tertiary/aromatic N) is 1. The smallest absolute Gasteiger partial charge is 0.408 e. The molecule has 2 aromatic carbocycles. The molecule has 0 bridgehead atoms. The standard InChI is InChI=1S/C39H47N3O8/c1-9-23-21-39(23,35(45)46)42-34(44)28-18-25(17-27(28)32(43)33(37(2,3)4)41-36(47)50-38(5,6)7)49-31-20-29(22-13-11-10-12-14-22)40-30-19-24(48-8)15-16-26(30)31/h9-16,19-20,23,25,27-28,33H,1,17-18,21H2,2-8H3,(H,41,47)(H,42,44)(H,45,46)/t23?,25-,27?,28+,33+,39?/m0/s1. The van der Waals surface area contributed by atoms with Crippen LogP contribution >= 0.6 is 0 Å². The molecule has 2 saturated carbocycles. The van der Waals surface area contributed by atoms with Gasteiger partial charge in [0.25, 0.3) is 0 Å². The predicted octanol–water partition coefficient (Wildman–Crippen LogP) is 6.34. The Hall–Kier alpha value is -4.93. The molecular formula is C39H47N3O8. The van der Waals surface area contributed by atoms with E-state index in [-0.39, 0.29) is 25.0 Å². The SMILES string of the molecule is C=CC1CC1(NC(=O)[C@@H]1C[C@@H](Oc2cc(-c3ccccc3)nc3cc(OC)ccc23)CC1C(=O)[C@@H](NC(=O)OC(C)(C)C)C(C)(C)C)C(=O)O. The van der Waals surface area contributed by atoms with Gasteiger partial charge in [0.15, 0.2) is 5.78 Å². The number of methoxy groups -OCH3 is 1. The zero-order chi connectivity index (χ0) is 36.6. The van der Waals surface area contributed by atoms with E-state index in [0.29, 0.717) is 22.7 Å². The van der Waals surface area contributed by atoms with Crippen molar-refractivity contribution in [1.29, 1.82) is 0 Å². The maximum absolute atomic E-state index is 14.5. The van der Waals surface area contributed by atoms with Crippen molar-refractivity contribution in [3.63, 3.8) is 0 Å². The Balaban J connectivity index is 1.51. The average molecular weight is 686 g/mol. The van der Waals surface area contributed by atoms with Crippen molar-refractivity contribution < 1.29 is 38.5 Å². The zero-order valence-corrected chi connectivity index (χ0v) is 29.7. The summed E-state index contributed by atoms with van der Waals surface area (Å²) in [7, 11) is 1.58. The molecule has 11 nitrogen and oxygen atoms in total. The number of alkyl carbamates (subject to hydrolysis) is 1. The monoisotopic (exact) mass is 685 g/mol. The number of nitrogens with one attached hydrogen (secondary N) is 2. The van der Waals surface area contributed by atoms with Gasteiger partial charge in [0.05, 0.1) is 30.3 Å². The number of amides is 2. The predicted molar refractivity (Wildman–Crippen MR) is 189 cm³/mol. The van der Waals surface area contributed by atoms with E-state index in [9.17, 15) is 24.3 Å². The molecular weight excluding hydrogens is 638 g/mol. The summed E-state index contributed by atoms with van der Waals surface area (Å²) in [5.74, 6) is -3.18. The second-order valence-corrected chi connectivity index (χ2v) is 15.3. The van der Waals surface area contributed by atoms with Crippen molar-refractivity contribution in [2.24, 2.45) is 23.2 Å². The molecule has 3 N–H and O–H groups in total.